The van der Waals surface area contributed by atoms with Crippen molar-refractivity contribution in [2.24, 2.45) is 0 Å². The van der Waals surface area contributed by atoms with Crippen molar-refractivity contribution in [3.63, 3.8) is 0 Å². The first-order chi connectivity index (χ1) is 10.9. The summed E-state index contributed by atoms with van der Waals surface area (Å²) in [4.78, 5) is 14.6. The summed E-state index contributed by atoms with van der Waals surface area (Å²) in [5.74, 6) is 0.359. The Kier molecular flexibility index (Phi) is 3.34. The number of thiophene rings is 1. The fraction of sp³-hybridized carbons (Fsp3) is 0.471. The van der Waals surface area contributed by atoms with Crippen LogP contribution in [-0.2, 0) is 30.4 Å². The molecule has 0 radical (unpaired) electrons. The second kappa shape index (κ2) is 5.06. The van der Waals surface area contributed by atoms with E-state index in [0.29, 0.717) is 17.6 Å². The van der Waals surface area contributed by atoms with E-state index in [0.717, 1.165) is 32.5 Å². The smallest absolute Gasteiger partial charge is 0.126 e. The summed E-state index contributed by atoms with van der Waals surface area (Å²) in [7, 11) is 0. The van der Waals surface area contributed by atoms with Crippen molar-refractivity contribution in [2.75, 3.05) is 0 Å². The molecule has 0 fully saturated rings. The molecule has 0 unspecified atom stereocenters. The van der Waals surface area contributed by atoms with E-state index in [2.05, 4.69) is 37.7 Å². The van der Waals surface area contributed by atoms with Crippen LogP contribution in [0.4, 0.5) is 0 Å². The van der Waals surface area contributed by atoms with Gasteiger partial charge in [0.2, 0.25) is 0 Å². The van der Waals surface area contributed by atoms with E-state index >= 15 is 0 Å². The molecule has 6 heteroatoms. The number of fused-ring (bicyclic) bond motifs is 5. The maximum atomic E-state index is 6.05. The molecule has 4 heterocycles. The third-order valence-electron chi connectivity index (χ3n) is 4.37. The van der Waals surface area contributed by atoms with Gasteiger partial charge in [-0.05, 0) is 25.3 Å². The Morgan fingerprint density at radius 2 is 2.04 bits per heavy atom. The van der Waals surface area contributed by atoms with Crippen molar-refractivity contribution in [3.05, 3.63) is 23.1 Å². The quantitative estimate of drug-likeness (QED) is 0.491. The maximum Gasteiger partial charge on any atom is 0.126 e. The zero-order valence-corrected chi connectivity index (χ0v) is 15.3. The topological polar surface area (TPSA) is 47.9 Å². The highest BCUT2D eigenvalue weighted by molar-refractivity contribution is 7.59. The molecule has 0 spiro atoms. The van der Waals surface area contributed by atoms with Crippen LogP contribution in [0.1, 0.15) is 50.4 Å². The molecule has 0 saturated heterocycles. The van der Waals surface area contributed by atoms with Gasteiger partial charge in [0.1, 0.15) is 11.2 Å². The van der Waals surface area contributed by atoms with Gasteiger partial charge in [0.15, 0.2) is 0 Å². The van der Waals surface area contributed by atoms with Gasteiger partial charge in [0.05, 0.1) is 28.1 Å². The van der Waals surface area contributed by atoms with Crippen LogP contribution in [0.3, 0.4) is 0 Å². The van der Waals surface area contributed by atoms with Gasteiger partial charge < -0.3 is 17.4 Å². The average Bonchev–Trinajstić information content (AvgIpc) is 2.85. The van der Waals surface area contributed by atoms with Crippen LogP contribution >= 0.6 is 11.3 Å². The normalized spacial score (nSPS) is 17.1. The SMILES string of the molecule is CC(C)c1nc2sc3c([S-])ncnc3c2c2c1COC(C)(C)C2. The highest BCUT2D eigenvalue weighted by Gasteiger charge is 2.31. The van der Waals surface area contributed by atoms with Gasteiger partial charge >= 0.3 is 0 Å². The monoisotopic (exact) mass is 344 g/mol. The summed E-state index contributed by atoms with van der Waals surface area (Å²) in [6, 6.07) is 0. The average molecular weight is 344 g/mol. The predicted octanol–water partition coefficient (Wildman–Crippen LogP) is 4.12. The van der Waals surface area contributed by atoms with Crippen molar-refractivity contribution < 1.29 is 4.74 Å². The fourth-order valence-electron chi connectivity index (χ4n) is 3.29. The van der Waals surface area contributed by atoms with Crippen molar-refractivity contribution in [2.45, 2.75) is 57.3 Å². The molecule has 0 amide bonds. The largest absolute Gasteiger partial charge is 0.759 e. The second-order valence-electron chi connectivity index (χ2n) is 6.97. The van der Waals surface area contributed by atoms with Gasteiger partial charge in [0, 0.05) is 17.4 Å². The first-order valence-electron chi connectivity index (χ1n) is 7.77. The molecule has 0 aliphatic carbocycles. The van der Waals surface area contributed by atoms with E-state index in [1.807, 2.05) is 0 Å². The number of rotatable bonds is 1. The molecule has 1 aliphatic heterocycles. The molecule has 0 aromatic carbocycles. The van der Waals surface area contributed by atoms with Crippen molar-refractivity contribution >= 4 is 44.4 Å². The van der Waals surface area contributed by atoms with Crippen LogP contribution < -0.4 is 0 Å². The van der Waals surface area contributed by atoms with Gasteiger partial charge in [-0.25, -0.2) is 9.97 Å². The van der Waals surface area contributed by atoms with Gasteiger partial charge in [-0.15, -0.1) is 11.3 Å². The summed E-state index contributed by atoms with van der Waals surface area (Å²) in [5.41, 5.74) is 4.47. The van der Waals surface area contributed by atoms with Gasteiger partial charge in [-0.1, -0.05) is 18.9 Å². The number of ether oxygens (including phenoxy) is 1. The Morgan fingerprint density at radius 3 is 2.78 bits per heavy atom. The molecule has 0 bridgehead atoms. The number of aromatic nitrogens is 3. The Morgan fingerprint density at radius 1 is 1.26 bits per heavy atom. The lowest BCUT2D eigenvalue weighted by Crippen LogP contribution is -2.32. The van der Waals surface area contributed by atoms with E-state index in [-0.39, 0.29) is 5.60 Å². The Balaban J connectivity index is 2.15. The van der Waals surface area contributed by atoms with E-state index < -0.39 is 0 Å². The third kappa shape index (κ3) is 2.31. The lowest BCUT2D eigenvalue weighted by atomic mass is 9.87. The Labute approximate surface area is 144 Å². The van der Waals surface area contributed by atoms with Crippen LogP contribution in [0.15, 0.2) is 11.4 Å². The number of pyridine rings is 1. The summed E-state index contributed by atoms with van der Waals surface area (Å²) < 4.78 is 7.02. The Hall–Kier alpha value is -1.37. The van der Waals surface area contributed by atoms with E-state index in [1.165, 1.54) is 11.1 Å². The lowest BCUT2D eigenvalue weighted by Gasteiger charge is -2.33. The van der Waals surface area contributed by atoms with E-state index in [9.17, 15) is 0 Å². The van der Waals surface area contributed by atoms with Crippen LogP contribution in [0, 0.1) is 0 Å². The molecule has 120 valence electrons. The predicted molar refractivity (Wildman–Crippen MR) is 95.0 cm³/mol. The summed E-state index contributed by atoms with van der Waals surface area (Å²) in [5, 5.41) is 1.76. The minimum Gasteiger partial charge on any atom is -0.759 e. The van der Waals surface area contributed by atoms with Crippen LogP contribution in [0.5, 0.6) is 0 Å². The summed E-state index contributed by atoms with van der Waals surface area (Å²) in [6.45, 7) is 9.25. The van der Waals surface area contributed by atoms with Crippen LogP contribution in [0.25, 0.3) is 20.4 Å². The molecule has 0 saturated carbocycles. The molecule has 23 heavy (non-hydrogen) atoms. The molecule has 3 aromatic rings. The van der Waals surface area contributed by atoms with Crippen LogP contribution in [-0.4, -0.2) is 20.6 Å². The zero-order valence-electron chi connectivity index (χ0n) is 13.6. The molecular formula is C17H18N3OS2-. The number of hydrogen-bond donors (Lipinski definition) is 0. The standard InChI is InChI=1S/C17H19N3OS2/c1-8(2)12-10-6-21-17(3,4)5-9(10)11-13-14(23-16(11)20-12)15(22)19-7-18-13/h7-8H,5-6H2,1-4H3,(H,18,19,22)/p-1. The highest BCUT2D eigenvalue weighted by atomic mass is 32.1. The highest BCUT2D eigenvalue weighted by Crippen LogP contribution is 2.42. The molecule has 3 aromatic heterocycles. The molecule has 1 aliphatic rings. The molecule has 4 rings (SSSR count). The van der Waals surface area contributed by atoms with E-state index in [1.54, 1.807) is 17.7 Å². The first-order valence-corrected chi connectivity index (χ1v) is 8.99. The third-order valence-corrected chi connectivity index (χ3v) is 5.89. The van der Waals surface area contributed by atoms with Gasteiger partial charge in [0.25, 0.3) is 0 Å². The summed E-state index contributed by atoms with van der Waals surface area (Å²) in [6.07, 6.45) is 2.42. The zero-order chi connectivity index (χ0) is 16.4. The van der Waals surface area contributed by atoms with E-state index in [4.69, 9.17) is 22.3 Å². The van der Waals surface area contributed by atoms with Crippen molar-refractivity contribution in [1.29, 1.82) is 0 Å². The molecule has 0 N–H and O–H groups in total. The van der Waals surface area contributed by atoms with Gasteiger partial charge in [-0.2, -0.15) is 0 Å². The van der Waals surface area contributed by atoms with Crippen molar-refractivity contribution in [1.82, 2.24) is 15.0 Å². The van der Waals surface area contributed by atoms with Gasteiger partial charge in [-0.3, -0.25) is 4.98 Å². The molecule has 4 nitrogen and oxygen atoms in total. The first kappa shape index (κ1) is 15.2. The molecular weight excluding hydrogens is 326 g/mol. The number of hydrogen-bond acceptors (Lipinski definition) is 6. The van der Waals surface area contributed by atoms with Crippen LogP contribution in [0.2, 0.25) is 0 Å². The minimum absolute atomic E-state index is 0.173. The van der Waals surface area contributed by atoms with Crippen molar-refractivity contribution in [3.8, 4) is 0 Å². The minimum atomic E-state index is -0.173. The number of nitrogens with zero attached hydrogens (tertiary/aromatic N) is 3. The summed E-state index contributed by atoms with van der Waals surface area (Å²) >= 11 is 7.00. The fourth-order valence-corrected chi connectivity index (χ4v) is 4.61. The second-order valence-corrected chi connectivity index (χ2v) is 8.36. The Bertz CT molecular complexity index is 931. The molecule has 0 atom stereocenters. The lowest BCUT2D eigenvalue weighted by molar-refractivity contribution is -0.0402. The maximum absolute atomic E-state index is 6.05.